The molecule has 3 fully saturated rings. The first-order chi connectivity index (χ1) is 14.1. The zero-order valence-electron chi connectivity index (χ0n) is 18.6. The summed E-state index contributed by atoms with van der Waals surface area (Å²) in [7, 11) is 0. The first-order valence-electron chi connectivity index (χ1n) is 11.8. The second-order valence-corrected chi connectivity index (χ2v) is 8.83. The molecular weight excluding hydrogens is 366 g/mol. The highest BCUT2D eigenvalue weighted by molar-refractivity contribution is 5.81. The van der Waals surface area contributed by atoms with Gasteiger partial charge < -0.3 is 20.7 Å². The summed E-state index contributed by atoms with van der Waals surface area (Å²) >= 11 is 0. The number of carbonyl (C=O) groups excluding carboxylic acids is 1. The number of carbonyl (C=O) groups is 1. The van der Waals surface area contributed by atoms with Crippen molar-refractivity contribution in [2.75, 3.05) is 39.3 Å². The van der Waals surface area contributed by atoms with Crippen LogP contribution in [0, 0.1) is 5.41 Å². The number of aliphatic imine (C=N–C) groups is 1. The predicted molar refractivity (Wildman–Crippen MR) is 117 cm³/mol. The second-order valence-electron chi connectivity index (χ2n) is 8.83. The number of amides is 1. The van der Waals surface area contributed by atoms with Gasteiger partial charge in [-0.15, -0.1) is 0 Å². The average Bonchev–Trinajstić information content (AvgIpc) is 2.65. The van der Waals surface area contributed by atoms with Gasteiger partial charge in [0.05, 0.1) is 12.6 Å². The van der Waals surface area contributed by atoms with E-state index in [0.717, 1.165) is 64.4 Å². The maximum Gasteiger partial charge on any atom is 0.234 e. The van der Waals surface area contributed by atoms with E-state index in [4.69, 9.17) is 9.73 Å². The van der Waals surface area contributed by atoms with Gasteiger partial charge in [-0.25, -0.2) is 0 Å². The molecule has 2 atom stereocenters. The van der Waals surface area contributed by atoms with Crippen molar-refractivity contribution in [3.05, 3.63) is 0 Å². The van der Waals surface area contributed by atoms with Gasteiger partial charge in [0.1, 0.15) is 0 Å². The minimum absolute atomic E-state index is 0.146. The fraction of sp³-hybridized carbons (Fsp3) is 0.909. The van der Waals surface area contributed by atoms with Crippen molar-refractivity contribution >= 4 is 11.9 Å². The summed E-state index contributed by atoms with van der Waals surface area (Å²) in [6, 6.07) is 0.899. The summed E-state index contributed by atoms with van der Waals surface area (Å²) in [4.78, 5) is 18.9. The van der Waals surface area contributed by atoms with E-state index in [1.54, 1.807) is 0 Å². The molecule has 1 amide bonds. The SMILES string of the molecule is CCCNC(=O)CN1CCC(NC(=NCC)NC2CC(OCC)C23CCC3)CC1. The van der Waals surface area contributed by atoms with Crippen LogP contribution in [0.2, 0.25) is 0 Å². The molecule has 0 aromatic carbocycles. The first-order valence-corrected chi connectivity index (χ1v) is 11.8. The van der Waals surface area contributed by atoms with Crippen molar-refractivity contribution in [1.29, 1.82) is 0 Å². The quantitative estimate of drug-likeness (QED) is 0.402. The standard InChI is InChI=1S/C22H41N5O2/c1-4-12-24-20(28)16-27-13-8-17(9-14-27)25-21(23-5-2)26-18-15-19(29-6-3)22(18)10-7-11-22/h17-19H,4-16H2,1-3H3,(H,24,28)(H2,23,25,26). The molecule has 29 heavy (non-hydrogen) atoms. The summed E-state index contributed by atoms with van der Waals surface area (Å²) in [5.41, 5.74) is 0.335. The highest BCUT2D eigenvalue weighted by atomic mass is 16.5. The molecule has 166 valence electrons. The molecule has 7 nitrogen and oxygen atoms in total. The van der Waals surface area contributed by atoms with Crippen LogP contribution in [-0.2, 0) is 9.53 Å². The molecule has 1 aliphatic heterocycles. The van der Waals surface area contributed by atoms with Gasteiger partial charge in [-0.2, -0.15) is 0 Å². The van der Waals surface area contributed by atoms with Gasteiger partial charge >= 0.3 is 0 Å². The first kappa shape index (κ1) is 22.3. The molecular formula is C22H41N5O2. The smallest absolute Gasteiger partial charge is 0.234 e. The van der Waals surface area contributed by atoms with Crippen molar-refractivity contribution in [1.82, 2.24) is 20.9 Å². The number of likely N-dealkylation sites (tertiary alicyclic amines) is 1. The average molecular weight is 408 g/mol. The van der Waals surface area contributed by atoms with Crippen LogP contribution >= 0.6 is 0 Å². The summed E-state index contributed by atoms with van der Waals surface area (Å²) < 4.78 is 5.99. The van der Waals surface area contributed by atoms with Gasteiger partial charge in [-0.1, -0.05) is 13.3 Å². The predicted octanol–water partition coefficient (Wildman–Crippen LogP) is 1.88. The topological polar surface area (TPSA) is 78.0 Å². The Morgan fingerprint density at radius 3 is 2.52 bits per heavy atom. The van der Waals surface area contributed by atoms with Crippen LogP contribution in [-0.4, -0.2) is 74.3 Å². The lowest BCUT2D eigenvalue weighted by Crippen LogP contribution is -2.69. The third kappa shape index (κ3) is 5.43. The number of nitrogens with zero attached hydrogens (tertiary/aromatic N) is 2. The highest BCUT2D eigenvalue weighted by Crippen LogP contribution is 2.57. The number of hydrogen-bond donors (Lipinski definition) is 3. The lowest BCUT2D eigenvalue weighted by Gasteiger charge is -2.61. The number of piperidine rings is 1. The molecule has 1 spiro atoms. The van der Waals surface area contributed by atoms with Crippen LogP contribution in [0.4, 0.5) is 0 Å². The molecule has 1 heterocycles. The molecule has 3 rings (SSSR count). The summed E-state index contributed by atoms with van der Waals surface area (Å²) in [6.07, 6.45) is 8.44. The van der Waals surface area contributed by atoms with E-state index in [-0.39, 0.29) is 5.91 Å². The number of guanidine groups is 1. The molecule has 1 saturated heterocycles. The maximum atomic E-state index is 11.9. The Morgan fingerprint density at radius 1 is 1.17 bits per heavy atom. The van der Waals surface area contributed by atoms with Crippen molar-refractivity contribution in [2.24, 2.45) is 10.4 Å². The lowest BCUT2D eigenvalue weighted by molar-refractivity contribution is -0.168. The Balaban J connectivity index is 1.44. The molecule has 2 saturated carbocycles. The maximum absolute atomic E-state index is 11.9. The second kappa shape index (κ2) is 10.6. The van der Waals surface area contributed by atoms with E-state index in [2.05, 4.69) is 41.6 Å². The van der Waals surface area contributed by atoms with Crippen molar-refractivity contribution in [3.8, 4) is 0 Å². The Labute approximate surface area is 176 Å². The van der Waals surface area contributed by atoms with Gasteiger partial charge in [0.25, 0.3) is 0 Å². The molecule has 3 N–H and O–H groups in total. The number of ether oxygens (including phenoxy) is 1. The molecule has 0 bridgehead atoms. The lowest BCUT2D eigenvalue weighted by atomic mass is 9.51. The monoisotopic (exact) mass is 407 g/mol. The number of hydrogen-bond acceptors (Lipinski definition) is 4. The minimum atomic E-state index is 0.146. The van der Waals surface area contributed by atoms with Crippen LogP contribution < -0.4 is 16.0 Å². The zero-order chi connectivity index (χ0) is 20.7. The van der Waals surface area contributed by atoms with Crippen LogP contribution in [0.3, 0.4) is 0 Å². The fourth-order valence-corrected chi connectivity index (χ4v) is 5.05. The van der Waals surface area contributed by atoms with Crippen LogP contribution in [0.15, 0.2) is 4.99 Å². The number of nitrogens with one attached hydrogen (secondary N) is 3. The van der Waals surface area contributed by atoms with E-state index >= 15 is 0 Å². The van der Waals surface area contributed by atoms with Gasteiger partial charge in [0, 0.05) is 50.3 Å². The van der Waals surface area contributed by atoms with E-state index in [1.165, 1.54) is 19.3 Å². The van der Waals surface area contributed by atoms with E-state index in [1.807, 2.05) is 0 Å². The van der Waals surface area contributed by atoms with Crippen molar-refractivity contribution in [2.45, 2.75) is 83.9 Å². The molecule has 7 heteroatoms. The van der Waals surface area contributed by atoms with Crippen molar-refractivity contribution in [3.63, 3.8) is 0 Å². The van der Waals surface area contributed by atoms with E-state index < -0.39 is 0 Å². The largest absolute Gasteiger partial charge is 0.378 e. The summed E-state index contributed by atoms with van der Waals surface area (Å²) in [5, 5.41) is 10.4. The third-order valence-electron chi connectivity index (χ3n) is 6.93. The molecule has 2 aliphatic carbocycles. The molecule has 3 aliphatic rings. The molecule has 2 unspecified atom stereocenters. The van der Waals surface area contributed by atoms with E-state index in [0.29, 0.717) is 30.1 Å². The Kier molecular flexibility index (Phi) is 8.18. The number of rotatable bonds is 9. The Morgan fingerprint density at radius 2 is 1.93 bits per heavy atom. The van der Waals surface area contributed by atoms with Gasteiger partial charge in [0.2, 0.25) is 5.91 Å². The molecule has 0 aromatic heterocycles. The normalized spacial score (nSPS) is 27.2. The van der Waals surface area contributed by atoms with Gasteiger partial charge in [-0.3, -0.25) is 14.7 Å². The highest BCUT2D eigenvalue weighted by Gasteiger charge is 2.59. The zero-order valence-corrected chi connectivity index (χ0v) is 18.6. The molecule has 0 radical (unpaired) electrons. The Bertz CT molecular complexity index is 555. The van der Waals surface area contributed by atoms with Gasteiger partial charge in [-0.05, 0) is 52.4 Å². The van der Waals surface area contributed by atoms with Crippen LogP contribution in [0.1, 0.15) is 65.7 Å². The summed E-state index contributed by atoms with van der Waals surface area (Å²) in [5.74, 6) is 1.10. The molecule has 0 aromatic rings. The van der Waals surface area contributed by atoms with E-state index in [9.17, 15) is 4.79 Å². The third-order valence-corrected chi connectivity index (χ3v) is 6.93. The fourth-order valence-electron chi connectivity index (χ4n) is 5.05. The Hall–Kier alpha value is -1.34. The van der Waals surface area contributed by atoms with Crippen LogP contribution in [0.25, 0.3) is 0 Å². The van der Waals surface area contributed by atoms with Gasteiger partial charge in [0.15, 0.2) is 5.96 Å². The van der Waals surface area contributed by atoms with Crippen molar-refractivity contribution < 1.29 is 9.53 Å². The minimum Gasteiger partial charge on any atom is -0.378 e. The van der Waals surface area contributed by atoms with Crippen LogP contribution in [0.5, 0.6) is 0 Å². The summed E-state index contributed by atoms with van der Waals surface area (Å²) in [6.45, 7) is 11.0.